The molecule has 0 fully saturated rings. The van der Waals surface area contributed by atoms with Gasteiger partial charge in [0.25, 0.3) is 5.91 Å². The molecule has 30 heavy (non-hydrogen) atoms. The quantitative estimate of drug-likeness (QED) is 0.551. The van der Waals surface area contributed by atoms with Crippen molar-refractivity contribution >= 4 is 5.91 Å². The first kappa shape index (κ1) is 19.4. The summed E-state index contributed by atoms with van der Waals surface area (Å²) in [6, 6.07) is 7.35. The van der Waals surface area contributed by atoms with Gasteiger partial charge in [0.15, 0.2) is 5.82 Å². The molecule has 1 atom stereocenters. The van der Waals surface area contributed by atoms with Gasteiger partial charge in [0.1, 0.15) is 11.5 Å². The molecule has 3 aromatic heterocycles. The van der Waals surface area contributed by atoms with Gasteiger partial charge >= 0.3 is 0 Å². The van der Waals surface area contributed by atoms with Gasteiger partial charge in [-0.1, -0.05) is 12.1 Å². The van der Waals surface area contributed by atoms with Crippen molar-refractivity contribution in [3.63, 3.8) is 0 Å². The lowest BCUT2D eigenvalue weighted by molar-refractivity contribution is 0.0934. The van der Waals surface area contributed by atoms with E-state index in [2.05, 4.69) is 25.5 Å². The van der Waals surface area contributed by atoms with Gasteiger partial charge in [-0.2, -0.15) is 10.2 Å². The lowest BCUT2D eigenvalue weighted by Gasteiger charge is -2.15. The standard InChI is InChI=1S/C21H20FN7O/c1-13(14-5-4-6-17(22)7-14)25-21(30)19-8-18(15-9-23-28(2)11-15)26-20(27-19)16-10-24-29(3)12-16/h4-13H,1-3H3,(H,25,30)/t13-/m0/s1. The molecule has 1 aromatic carbocycles. The Morgan fingerprint density at radius 1 is 1.03 bits per heavy atom. The van der Waals surface area contributed by atoms with Gasteiger partial charge in [-0.05, 0) is 30.7 Å². The van der Waals surface area contributed by atoms with Gasteiger partial charge in [-0.3, -0.25) is 14.2 Å². The fourth-order valence-electron chi connectivity index (χ4n) is 3.06. The molecule has 0 aliphatic carbocycles. The number of aromatic nitrogens is 6. The van der Waals surface area contributed by atoms with Crippen LogP contribution >= 0.6 is 0 Å². The Morgan fingerprint density at radius 3 is 2.37 bits per heavy atom. The number of nitrogens with one attached hydrogen (secondary N) is 1. The molecular weight excluding hydrogens is 385 g/mol. The molecule has 0 saturated carbocycles. The molecule has 3 heterocycles. The number of hydrogen-bond donors (Lipinski definition) is 1. The van der Waals surface area contributed by atoms with E-state index in [1.54, 1.807) is 67.2 Å². The predicted molar refractivity (Wildman–Crippen MR) is 109 cm³/mol. The molecule has 0 aliphatic rings. The molecule has 0 unspecified atom stereocenters. The molecule has 4 rings (SSSR count). The van der Waals surface area contributed by atoms with Crippen LogP contribution in [0.1, 0.15) is 29.0 Å². The number of hydrogen-bond acceptors (Lipinski definition) is 5. The maximum atomic E-state index is 13.5. The van der Waals surface area contributed by atoms with Crippen molar-refractivity contribution in [3.8, 4) is 22.6 Å². The van der Waals surface area contributed by atoms with Crippen LogP contribution in [0.5, 0.6) is 0 Å². The van der Waals surface area contributed by atoms with Crippen LogP contribution in [0.15, 0.2) is 55.1 Å². The maximum Gasteiger partial charge on any atom is 0.270 e. The summed E-state index contributed by atoms with van der Waals surface area (Å²) in [7, 11) is 3.60. The lowest BCUT2D eigenvalue weighted by atomic mass is 10.1. The number of halogens is 1. The van der Waals surface area contributed by atoms with Crippen molar-refractivity contribution in [2.75, 3.05) is 0 Å². The van der Waals surface area contributed by atoms with Gasteiger partial charge in [0.05, 0.1) is 29.7 Å². The van der Waals surface area contributed by atoms with E-state index >= 15 is 0 Å². The summed E-state index contributed by atoms with van der Waals surface area (Å²) in [5, 5.41) is 11.2. The zero-order valence-corrected chi connectivity index (χ0v) is 16.7. The summed E-state index contributed by atoms with van der Waals surface area (Å²) in [5.41, 5.74) is 2.89. The molecule has 0 bridgehead atoms. The van der Waals surface area contributed by atoms with E-state index in [9.17, 15) is 9.18 Å². The number of nitrogens with zero attached hydrogens (tertiary/aromatic N) is 6. The van der Waals surface area contributed by atoms with E-state index in [0.717, 1.165) is 5.56 Å². The minimum absolute atomic E-state index is 0.200. The third-order valence-electron chi connectivity index (χ3n) is 4.62. The molecule has 0 spiro atoms. The van der Waals surface area contributed by atoms with E-state index in [1.807, 2.05) is 6.20 Å². The first-order valence-corrected chi connectivity index (χ1v) is 9.32. The normalized spacial score (nSPS) is 12.0. The van der Waals surface area contributed by atoms with Crippen molar-refractivity contribution in [3.05, 3.63) is 72.2 Å². The van der Waals surface area contributed by atoms with E-state index in [1.165, 1.54) is 12.1 Å². The average Bonchev–Trinajstić information content (AvgIpc) is 3.36. The SMILES string of the molecule is C[C@H](NC(=O)c1cc(-c2cnn(C)c2)nc(-c2cnn(C)c2)n1)c1cccc(F)c1. The van der Waals surface area contributed by atoms with Crippen LogP contribution in [-0.2, 0) is 14.1 Å². The van der Waals surface area contributed by atoms with Crippen molar-refractivity contribution in [2.45, 2.75) is 13.0 Å². The second-order valence-corrected chi connectivity index (χ2v) is 7.02. The largest absolute Gasteiger partial charge is 0.344 e. The number of rotatable bonds is 5. The number of carbonyl (C=O) groups is 1. The fraction of sp³-hybridized carbons (Fsp3) is 0.190. The second-order valence-electron chi connectivity index (χ2n) is 7.02. The average molecular weight is 405 g/mol. The summed E-state index contributed by atoms with van der Waals surface area (Å²) in [6.07, 6.45) is 6.90. The topological polar surface area (TPSA) is 90.5 Å². The lowest BCUT2D eigenvalue weighted by Crippen LogP contribution is -2.27. The molecule has 8 nitrogen and oxygen atoms in total. The molecule has 152 valence electrons. The monoisotopic (exact) mass is 405 g/mol. The van der Waals surface area contributed by atoms with Crippen molar-refractivity contribution in [2.24, 2.45) is 14.1 Å². The van der Waals surface area contributed by atoms with E-state index < -0.39 is 6.04 Å². The molecule has 4 aromatic rings. The number of amides is 1. The molecule has 9 heteroatoms. The minimum Gasteiger partial charge on any atom is -0.344 e. The van der Waals surface area contributed by atoms with E-state index in [-0.39, 0.29) is 17.4 Å². The second kappa shape index (κ2) is 7.86. The van der Waals surface area contributed by atoms with Gasteiger partial charge in [-0.15, -0.1) is 0 Å². The number of carbonyl (C=O) groups excluding carboxylic acids is 1. The van der Waals surface area contributed by atoms with Crippen LogP contribution in [0.25, 0.3) is 22.6 Å². The van der Waals surface area contributed by atoms with Crippen LogP contribution in [0.3, 0.4) is 0 Å². The predicted octanol–water partition coefficient (Wildman–Crippen LogP) is 2.91. The fourth-order valence-corrected chi connectivity index (χ4v) is 3.06. The summed E-state index contributed by atoms with van der Waals surface area (Å²) < 4.78 is 16.8. The van der Waals surface area contributed by atoms with Gasteiger partial charge in [0, 0.05) is 32.1 Å². The smallest absolute Gasteiger partial charge is 0.270 e. The van der Waals surface area contributed by atoms with Crippen molar-refractivity contribution < 1.29 is 9.18 Å². The van der Waals surface area contributed by atoms with Crippen molar-refractivity contribution in [1.82, 2.24) is 34.8 Å². The van der Waals surface area contributed by atoms with Crippen LogP contribution < -0.4 is 5.32 Å². The summed E-state index contributed by atoms with van der Waals surface area (Å²) >= 11 is 0. The Hall–Kier alpha value is -3.88. The molecular formula is C21H20FN7O. The third-order valence-corrected chi connectivity index (χ3v) is 4.62. The zero-order chi connectivity index (χ0) is 21.3. The number of benzene rings is 1. The third kappa shape index (κ3) is 4.09. The Labute approximate surface area is 172 Å². The van der Waals surface area contributed by atoms with Gasteiger partial charge < -0.3 is 5.32 Å². The van der Waals surface area contributed by atoms with Crippen molar-refractivity contribution in [1.29, 1.82) is 0 Å². The first-order valence-electron chi connectivity index (χ1n) is 9.32. The maximum absolute atomic E-state index is 13.5. The molecule has 1 amide bonds. The molecule has 0 aliphatic heterocycles. The van der Waals surface area contributed by atoms with Crippen LogP contribution in [0, 0.1) is 5.82 Å². The summed E-state index contributed by atoms with van der Waals surface area (Å²) in [6.45, 7) is 1.79. The Kier molecular flexibility index (Phi) is 5.09. The molecule has 0 radical (unpaired) electrons. The Bertz CT molecular complexity index is 1160. The van der Waals surface area contributed by atoms with Crippen LogP contribution in [0.4, 0.5) is 4.39 Å². The summed E-state index contributed by atoms with van der Waals surface area (Å²) in [5.74, 6) is -0.356. The van der Waals surface area contributed by atoms with Gasteiger partial charge in [-0.25, -0.2) is 14.4 Å². The van der Waals surface area contributed by atoms with Crippen LogP contribution in [-0.4, -0.2) is 35.4 Å². The Balaban J connectivity index is 1.69. The zero-order valence-electron chi connectivity index (χ0n) is 16.7. The highest BCUT2D eigenvalue weighted by atomic mass is 19.1. The Morgan fingerprint density at radius 2 is 1.73 bits per heavy atom. The first-order chi connectivity index (χ1) is 14.4. The van der Waals surface area contributed by atoms with Crippen LogP contribution in [0.2, 0.25) is 0 Å². The van der Waals surface area contributed by atoms with E-state index in [0.29, 0.717) is 22.6 Å². The summed E-state index contributed by atoms with van der Waals surface area (Å²) in [4.78, 5) is 22.0. The minimum atomic E-state index is -0.396. The molecule has 0 saturated heterocycles. The van der Waals surface area contributed by atoms with E-state index in [4.69, 9.17) is 0 Å². The van der Waals surface area contributed by atoms with Gasteiger partial charge in [0.2, 0.25) is 0 Å². The molecule has 1 N–H and O–H groups in total. The number of aryl methyl sites for hydroxylation is 2. The highest BCUT2D eigenvalue weighted by Gasteiger charge is 2.18. The highest BCUT2D eigenvalue weighted by Crippen LogP contribution is 2.22. The highest BCUT2D eigenvalue weighted by molar-refractivity contribution is 5.94.